The summed E-state index contributed by atoms with van der Waals surface area (Å²) in [6.45, 7) is 8.07. The van der Waals surface area contributed by atoms with E-state index in [2.05, 4.69) is 37.9 Å². The van der Waals surface area contributed by atoms with Gasteiger partial charge in [0.25, 0.3) is 0 Å². The first kappa shape index (κ1) is 16.1. The molecule has 0 radical (unpaired) electrons. The predicted octanol–water partition coefficient (Wildman–Crippen LogP) is 2.78. The molecule has 1 atom stereocenters. The van der Waals surface area contributed by atoms with Crippen LogP contribution in [0.4, 0.5) is 5.95 Å². The summed E-state index contributed by atoms with van der Waals surface area (Å²) in [5.41, 5.74) is 2.11. The average Bonchev–Trinajstić information content (AvgIpc) is 3.22. The molecule has 0 bridgehead atoms. The third-order valence-electron chi connectivity index (χ3n) is 4.91. The summed E-state index contributed by atoms with van der Waals surface area (Å²) in [7, 11) is 0. The number of fused-ring (bicyclic) bond motifs is 1. The van der Waals surface area contributed by atoms with Gasteiger partial charge in [-0.3, -0.25) is 4.90 Å². The summed E-state index contributed by atoms with van der Waals surface area (Å²) in [6.07, 6.45) is 1.88. The Labute approximate surface area is 147 Å². The molecule has 1 aliphatic rings. The van der Waals surface area contributed by atoms with Gasteiger partial charge in [-0.15, -0.1) is 0 Å². The molecule has 3 heterocycles. The third kappa shape index (κ3) is 3.24. The van der Waals surface area contributed by atoms with Crippen molar-refractivity contribution in [3.63, 3.8) is 0 Å². The van der Waals surface area contributed by atoms with Gasteiger partial charge in [-0.05, 0) is 25.5 Å². The standard InChI is InChI=1S/C18H24N6O/c1-3-16-21-17(25-22-16)13(2)23-9-6-10-24(12-11-23)18-19-14-7-4-5-8-15(14)20-18/h4-5,7-8,13H,3,6,9-12H2,1-2H3,(H,19,20). The number of aromatic amines is 1. The van der Waals surface area contributed by atoms with Gasteiger partial charge in [-0.25, -0.2) is 4.98 Å². The van der Waals surface area contributed by atoms with Crippen molar-refractivity contribution in [3.8, 4) is 0 Å². The number of H-pyrrole nitrogens is 1. The van der Waals surface area contributed by atoms with Gasteiger partial charge in [-0.2, -0.15) is 4.98 Å². The molecule has 1 N–H and O–H groups in total. The molecule has 3 aromatic rings. The second-order valence-electron chi connectivity index (χ2n) is 6.53. The van der Waals surface area contributed by atoms with Crippen molar-refractivity contribution >= 4 is 17.0 Å². The van der Waals surface area contributed by atoms with Crippen LogP contribution in [0.2, 0.25) is 0 Å². The van der Waals surface area contributed by atoms with E-state index in [1.54, 1.807) is 0 Å². The van der Waals surface area contributed by atoms with E-state index in [9.17, 15) is 0 Å². The summed E-state index contributed by atoms with van der Waals surface area (Å²) in [6, 6.07) is 8.31. The van der Waals surface area contributed by atoms with E-state index >= 15 is 0 Å². The minimum Gasteiger partial charge on any atom is -0.341 e. The average molecular weight is 340 g/mol. The van der Waals surface area contributed by atoms with Crippen LogP contribution in [0, 0.1) is 0 Å². The fraction of sp³-hybridized carbons (Fsp3) is 0.500. The first-order chi connectivity index (χ1) is 12.2. The lowest BCUT2D eigenvalue weighted by Gasteiger charge is -2.25. The Hall–Kier alpha value is -2.41. The highest BCUT2D eigenvalue weighted by Gasteiger charge is 2.25. The number of benzene rings is 1. The van der Waals surface area contributed by atoms with Crippen LogP contribution in [0.1, 0.15) is 38.0 Å². The van der Waals surface area contributed by atoms with Crippen molar-refractivity contribution in [2.75, 3.05) is 31.1 Å². The van der Waals surface area contributed by atoms with Gasteiger partial charge in [-0.1, -0.05) is 24.2 Å². The molecule has 1 saturated heterocycles. The molecule has 0 aliphatic carbocycles. The van der Waals surface area contributed by atoms with Gasteiger partial charge in [0, 0.05) is 32.6 Å². The first-order valence-electron chi connectivity index (χ1n) is 9.01. The van der Waals surface area contributed by atoms with Crippen molar-refractivity contribution in [1.29, 1.82) is 0 Å². The number of aryl methyl sites for hydroxylation is 1. The van der Waals surface area contributed by atoms with Crippen LogP contribution in [-0.2, 0) is 6.42 Å². The van der Waals surface area contributed by atoms with E-state index in [1.807, 2.05) is 25.1 Å². The van der Waals surface area contributed by atoms with E-state index < -0.39 is 0 Å². The van der Waals surface area contributed by atoms with Crippen LogP contribution in [-0.4, -0.2) is 51.2 Å². The maximum Gasteiger partial charge on any atom is 0.243 e. The summed E-state index contributed by atoms with van der Waals surface area (Å²) < 4.78 is 5.43. The first-order valence-corrected chi connectivity index (χ1v) is 9.01. The highest BCUT2D eigenvalue weighted by molar-refractivity contribution is 5.77. The highest BCUT2D eigenvalue weighted by atomic mass is 16.5. The summed E-state index contributed by atoms with van der Waals surface area (Å²) in [5.74, 6) is 2.45. The molecule has 7 heteroatoms. The quantitative estimate of drug-likeness (QED) is 0.787. The van der Waals surface area contributed by atoms with E-state index in [0.29, 0.717) is 5.89 Å². The Bertz CT molecular complexity index is 808. The van der Waals surface area contributed by atoms with Crippen LogP contribution >= 0.6 is 0 Å². The second-order valence-corrected chi connectivity index (χ2v) is 6.53. The molecule has 4 rings (SSSR count). The number of rotatable bonds is 4. The monoisotopic (exact) mass is 340 g/mol. The number of hydrogen-bond acceptors (Lipinski definition) is 6. The van der Waals surface area contributed by atoms with E-state index in [0.717, 1.165) is 61.8 Å². The smallest absolute Gasteiger partial charge is 0.243 e. The van der Waals surface area contributed by atoms with Gasteiger partial charge in [0.1, 0.15) is 0 Å². The van der Waals surface area contributed by atoms with Crippen molar-refractivity contribution in [2.24, 2.45) is 0 Å². The Morgan fingerprint density at radius 1 is 1.16 bits per heavy atom. The molecule has 132 valence electrons. The predicted molar refractivity (Wildman–Crippen MR) is 96.6 cm³/mol. The molecule has 0 saturated carbocycles. The highest BCUT2D eigenvalue weighted by Crippen LogP contribution is 2.23. The fourth-order valence-electron chi connectivity index (χ4n) is 3.36. The molecular formula is C18H24N6O. The minimum atomic E-state index is 0.142. The zero-order valence-corrected chi connectivity index (χ0v) is 14.8. The molecule has 25 heavy (non-hydrogen) atoms. The van der Waals surface area contributed by atoms with Crippen molar-refractivity contribution in [3.05, 3.63) is 36.0 Å². The molecule has 1 fully saturated rings. The second kappa shape index (κ2) is 6.84. The number of imidazole rings is 1. The van der Waals surface area contributed by atoms with E-state index in [4.69, 9.17) is 9.51 Å². The number of nitrogens with one attached hydrogen (secondary N) is 1. The Kier molecular flexibility index (Phi) is 4.40. The van der Waals surface area contributed by atoms with Crippen LogP contribution in [0.3, 0.4) is 0 Å². The van der Waals surface area contributed by atoms with Crippen molar-refractivity contribution in [1.82, 2.24) is 25.0 Å². The molecule has 1 unspecified atom stereocenters. The molecular weight excluding hydrogens is 316 g/mol. The lowest BCUT2D eigenvalue weighted by Crippen LogP contribution is -2.33. The Balaban J connectivity index is 1.46. The number of aromatic nitrogens is 4. The number of anilines is 1. The molecule has 1 aliphatic heterocycles. The Morgan fingerprint density at radius 2 is 2.04 bits per heavy atom. The maximum absolute atomic E-state index is 5.43. The minimum absolute atomic E-state index is 0.142. The zero-order chi connectivity index (χ0) is 17.2. The van der Waals surface area contributed by atoms with Crippen molar-refractivity contribution < 1.29 is 4.52 Å². The molecule has 7 nitrogen and oxygen atoms in total. The van der Waals surface area contributed by atoms with Gasteiger partial charge >= 0.3 is 0 Å². The summed E-state index contributed by atoms with van der Waals surface area (Å²) in [5, 5.41) is 4.02. The van der Waals surface area contributed by atoms with Gasteiger partial charge in [0.2, 0.25) is 11.8 Å². The Morgan fingerprint density at radius 3 is 2.84 bits per heavy atom. The van der Waals surface area contributed by atoms with Gasteiger partial charge in [0.15, 0.2) is 5.82 Å². The van der Waals surface area contributed by atoms with Gasteiger partial charge < -0.3 is 14.4 Å². The molecule has 0 spiro atoms. The van der Waals surface area contributed by atoms with E-state index in [-0.39, 0.29) is 6.04 Å². The van der Waals surface area contributed by atoms with Gasteiger partial charge in [0.05, 0.1) is 17.1 Å². The van der Waals surface area contributed by atoms with E-state index in [1.165, 1.54) is 0 Å². The molecule has 2 aromatic heterocycles. The lowest BCUT2D eigenvalue weighted by molar-refractivity contribution is 0.184. The van der Waals surface area contributed by atoms with Crippen LogP contribution in [0.5, 0.6) is 0 Å². The normalized spacial score (nSPS) is 17.8. The topological polar surface area (TPSA) is 74.1 Å². The van der Waals surface area contributed by atoms with Crippen LogP contribution in [0.15, 0.2) is 28.8 Å². The summed E-state index contributed by atoms with van der Waals surface area (Å²) >= 11 is 0. The summed E-state index contributed by atoms with van der Waals surface area (Å²) in [4.78, 5) is 17.4. The maximum atomic E-state index is 5.43. The fourth-order valence-corrected chi connectivity index (χ4v) is 3.36. The zero-order valence-electron chi connectivity index (χ0n) is 14.8. The molecule has 1 aromatic carbocycles. The SMILES string of the molecule is CCc1noc(C(C)N2CCCN(c3nc4ccccc4[nH]3)CC2)n1. The third-order valence-corrected chi connectivity index (χ3v) is 4.91. The van der Waals surface area contributed by atoms with Crippen molar-refractivity contribution in [2.45, 2.75) is 32.7 Å². The lowest BCUT2D eigenvalue weighted by atomic mass is 10.2. The number of hydrogen-bond donors (Lipinski definition) is 1. The van der Waals surface area contributed by atoms with Crippen LogP contribution in [0.25, 0.3) is 11.0 Å². The number of nitrogens with zero attached hydrogens (tertiary/aromatic N) is 5. The van der Waals surface area contributed by atoms with Crippen LogP contribution < -0.4 is 4.90 Å². The number of para-hydroxylation sites is 2. The largest absolute Gasteiger partial charge is 0.341 e. The molecule has 0 amide bonds.